The topological polar surface area (TPSA) is 105 Å². The molecular weight excluding hydrogens is 399 g/mol. The maximum Gasteiger partial charge on any atom is 0.251 e. The molecular formula is C20H30ClFN4O3. The van der Waals surface area contributed by atoms with E-state index in [1.807, 2.05) is 4.90 Å². The lowest BCUT2D eigenvalue weighted by Gasteiger charge is -2.36. The molecule has 1 aromatic carbocycles. The number of likely N-dealkylation sites (tertiary alicyclic amines) is 1. The fourth-order valence-electron chi connectivity index (χ4n) is 3.28. The number of nitrogens with one attached hydrogen (secondary N) is 2. The fraction of sp³-hybridized carbons (Fsp3) is 0.550. The Bertz CT molecular complexity index is 672. The van der Waals surface area contributed by atoms with E-state index in [1.54, 1.807) is 0 Å². The summed E-state index contributed by atoms with van der Waals surface area (Å²) >= 11 is 0. The molecule has 1 unspecified atom stereocenters. The van der Waals surface area contributed by atoms with Gasteiger partial charge in [-0.2, -0.15) is 0 Å². The van der Waals surface area contributed by atoms with E-state index in [0.717, 1.165) is 19.3 Å². The zero-order valence-corrected chi connectivity index (χ0v) is 17.3. The van der Waals surface area contributed by atoms with Gasteiger partial charge in [0, 0.05) is 50.6 Å². The second kappa shape index (κ2) is 13.1. The molecule has 1 atom stereocenters. The van der Waals surface area contributed by atoms with Crippen LogP contribution in [0.2, 0.25) is 0 Å². The van der Waals surface area contributed by atoms with Crippen LogP contribution in [0.5, 0.6) is 0 Å². The van der Waals surface area contributed by atoms with Crippen molar-refractivity contribution in [1.29, 1.82) is 0 Å². The molecule has 2 rings (SSSR count). The van der Waals surface area contributed by atoms with E-state index in [9.17, 15) is 18.8 Å². The van der Waals surface area contributed by atoms with Crippen LogP contribution in [0.1, 0.15) is 48.9 Å². The lowest BCUT2D eigenvalue weighted by atomic mass is 10.0. The monoisotopic (exact) mass is 428 g/mol. The summed E-state index contributed by atoms with van der Waals surface area (Å²) in [6.45, 7) is 1.82. The minimum absolute atomic E-state index is 0. The summed E-state index contributed by atoms with van der Waals surface area (Å²) in [5.74, 6) is -0.735. The first kappa shape index (κ1) is 24.8. The van der Waals surface area contributed by atoms with Gasteiger partial charge in [0.15, 0.2) is 0 Å². The van der Waals surface area contributed by atoms with Crippen molar-refractivity contribution < 1.29 is 18.8 Å². The van der Waals surface area contributed by atoms with E-state index in [0.29, 0.717) is 44.6 Å². The standard InChI is InChI=1S/C20H29FN4O3.ClH/c21-16-8-6-15(7-9-16)20(28)23-12-3-5-19(27)25-13-2-1-4-17(25)14-24-18(26)10-11-22;/h6-9,17H,1-5,10-14,22H2,(H,23,28)(H,24,26);1H. The molecule has 1 saturated heterocycles. The van der Waals surface area contributed by atoms with Gasteiger partial charge in [0.25, 0.3) is 5.91 Å². The first-order valence-corrected chi connectivity index (χ1v) is 9.81. The number of carbonyl (C=O) groups is 3. The number of hydrogen-bond donors (Lipinski definition) is 3. The molecule has 0 bridgehead atoms. The average Bonchev–Trinajstić information content (AvgIpc) is 2.70. The Morgan fingerprint density at radius 2 is 1.83 bits per heavy atom. The zero-order chi connectivity index (χ0) is 20.4. The highest BCUT2D eigenvalue weighted by Crippen LogP contribution is 2.18. The van der Waals surface area contributed by atoms with Crippen molar-refractivity contribution in [3.05, 3.63) is 35.6 Å². The summed E-state index contributed by atoms with van der Waals surface area (Å²) < 4.78 is 12.9. The summed E-state index contributed by atoms with van der Waals surface area (Å²) in [7, 11) is 0. The smallest absolute Gasteiger partial charge is 0.251 e. The van der Waals surface area contributed by atoms with E-state index in [-0.39, 0.29) is 42.6 Å². The third-order valence-corrected chi connectivity index (χ3v) is 4.81. The molecule has 162 valence electrons. The minimum Gasteiger partial charge on any atom is -0.354 e. The van der Waals surface area contributed by atoms with Gasteiger partial charge in [-0.1, -0.05) is 0 Å². The Morgan fingerprint density at radius 1 is 1.10 bits per heavy atom. The number of rotatable bonds is 9. The number of benzene rings is 1. The predicted octanol–water partition coefficient (Wildman–Crippen LogP) is 1.60. The molecule has 0 spiro atoms. The van der Waals surface area contributed by atoms with Crippen LogP contribution in [0, 0.1) is 5.82 Å². The molecule has 1 aromatic rings. The number of hydrogen-bond acceptors (Lipinski definition) is 4. The molecule has 0 saturated carbocycles. The third-order valence-electron chi connectivity index (χ3n) is 4.81. The number of carbonyl (C=O) groups excluding carboxylic acids is 3. The number of nitrogens with two attached hydrogens (primary N) is 1. The van der Waals surface area contributed by atoms with Crippen LogP contribution in [-0.2, 0) is 9.59 Å². The molecule has 29 heavy (non-hydrogen) atoms. The molecule has 1 aliphatic rings. The Morgan fingerprint density at radius 3 is 2.52 bits per heavy atom. The third kappa shape index (κ3) is 8.37. The molecule has 0 aliphatic carbocycles. The van der Waals surface area contributed by atoms with Gasteiger partial charge in [0.2, 0.25) is 11.8 Å². The first-order chi connectivity index (χ1) is 13.5. The van der Waals surface area contributed by atoms with E-state index in [1.165, 1.54) is 24.3 Å². The van der Waals surface area contributed by atoms with Gasteiger partial charge in [-0.25, -0.2) is 4.39 Å². The first-order valence-electron chi connectivity index (χ1n) is 9.81. The largest absolute Gasteiger partial charge is 0.354 e. The van der Waals surface area contributed by atoms with Gasteiger partial charge in [-0.05, 0) is 49.9 Å². The maximum atomic E-state index is 12.9. The molecule has 0 aromatic heterocycles. The van der Waals surface area contributed by atoms with Crippen LogP contribution in [0.4, 0.5) is 4.39 Å². The molecule has 9 heteroatoms. The van der Waals surface area contributed by atoms with Crippen molar-refractivity contribution in [2.75, 3.05) is 26.2 Å². The Hall–Kier alpha value is -2.19. The Kier molecular flexibility index (Phi) is 11.2. The molecule has 1 fully saturated rings. The molecule has 1 heterocycles. The van der Waals surface area contributed by atoms with Crippen molar-refractivity contribution in [1.82, 2.24) is 15.5 Å². The van der Waals surface area contributed by atoms with Crippen LogP contribution >= 0.6 is 12.4 Å². The number of piperidine rings is 1. The summed E-state index contributed by atoms with van der Waals surface area (Å²) in [5, 5.41) is 5.59. The highest BCUT2D eigenvalue weighted by Gasteiger charge is 2.26. The quantitative estimate of drug-likeness (QED) is 0.519. The van der Waals surface area contributed by atoms with Crippen molar-refractivity contribution in [3.8, 4) is 0 Å². The number of halogens is 2. The maximum absolute atomic E-state index is 12.9. The van der Waals surface area contributed by atoms with Crippen molar-refractivity contribution in [2.24, 2.45) is 5.73 Å². The van der Waals surface area contributed by atoms with Crippen LogP contribution in [0.25, 0.3) is 0 Å². The fourth-order valence-corrected chi connectivity index (χ4v) is 3.28. The molecule has 4 N–H and O–H groups in total. The second-order valence-corrected chi connectivity index (χ2v) is 6.95. The summed E-state index contributed by atoms with van der Waals surface area (Å²) in [6.07, 6.45) is 4.01. The van der Waals surface area contributed by atoms with Crippen LogP contribution < -0.4 is 16.4 Å². The SMILES string of the molecule is Cl.NCCC(=O)NCC1CCCCN1C(=O)CCCNC(=O)c1ccc(F)cc1. The molecule has 1 aliphatic heterocycles. The normalized spacial score (nSPS) is 15.9. The summed E-state index contributed by atoms with van der Waals surface area (Å²) in [4.78, 5) is 38.0. The van der Waals surface area contributed by atoms with Crippen LogP contribution in [-0.4, -0.2) is 54.8 Å². The van der Waals surface area contributed by atoms with Gasteiger partial charge in [0.1, 0.15) is 5.82 Å². The van der Waals surface area contributed by atoms with Crippen molar-refractivity contribution in [3.63, 3.8) is 0 Å². The van der Waals surface area contributed by atoms with E-state index in [4.69, 9.17) is 5.73 Å². The van der Waals surface area contributed by atoms with Crippen molar-refractivity contribution >= 4 is 30.1 Å². The molecule has 7 nitrogen and oxygen atoms in total. The highest BCUT2D eigenvalue weighted by molar-refractivity contribution is 5.94. The Labute approximate surface area is 177 Å². The van der Waals surface area contributed by atoms with Crippen LogP contribution in [0.15, 0.2) is 24.3 Å². The number of nitrogens with zero attached hydrogens (tertiary/aromatic N) is 1. The van der Waals surface area contributed by atoms with Gasteiger partial charge in [0.05, 0.1) is 0 Å². The Balaban J connectivity index is 0.00000420. The lowest BCUT2D eigenvalue weighted by Crippen LogP contribution is -2.49. The van der Waals surface area contributed by atoms with E-state index < -0.39 is 5.82 Å². The molecule has 0 radical (unpaired) electrons. The number of amides is 3. The molecule has 3 amide bonds. The highest BCUT2D eigenvalue weighted by atomic mass is 35.5. The van der Waals surface area contributed by atoms with Gasteiger partial charge in [-0.3, -0.25) is 14.4 Å². The van der Waals surface area contributed by atoms with E-state index in [2.05, 4.69) is 10.6 Å². The van der Waals surface area contributed by atoms with Crippen LogP contribution in [0.3, 0.4) is 0 Å². The minimum atomic E-state index is -0.391. The average molecular weight is 429 g/mol. The summed E-state index contributed by atoms with van der Waals surface area (Å²) in [6, 6.07) is 5.33. The van der Waals surface area contributed by atoms with Gasteiger partial charge in [-0.15, -0.1) is 12.4 Å². The second-order valence-electron chi connectivity index (χ2n) is 6.95. The van der Waals surface area contributed by atoms with Gasteiger partial charge < -0.3 is 21.3 Å². The lowest BCUT2D eigenvalue weighted by molar-refractivity contribution is -0.135. The zero-order valence-electron chi connectivity index (χ0n) is 16.5. The van der Waals surface area contributed by atoms with Crippen molar-refractivity contribution in [2.45, 2.75) is 44.6 Å². The summed E-state index contributed by atoms with van der Waals surface area (Å²) in [5.41, 5.74) is 5.76. The van der Waals surface area contributed by atoms with Gasteiger partial charge >= 0.3 is 0 Å². The predicted molar refractivity (Wildman–Crippen MR) is 111 cm³/mol. The van der Waals surface area contributed by atoms with E-state index >= 15 is 0 Å².